The lowest BCUT2D eigenvalue weighted by Crippen LogP contribution is -2.38. The highest BCUT2D eigenvalue weighted by atomic mass is 16.6. The Hall–Kier alpha value is -2.70. The minimum absolute atomic E-state index is 0.122. The first-order chi connectivity index (χ1) is 11.7. The van der Waals surface area contributed by atoms with Crippen molar-refractivity contribution in [2.24, 2.45) is 0 Å². The molecular formula is C18H22N4O3. The summed E-state index contributed by atoms with van der Waals surface area (Å²) in [6, 6.07) is 5.12. The van der Waals surface area contributed by atoms with Crippen LogP contribution in [0.2, 0.25) is 0 Å². The van der Waals surface area contributed by atoms with E-state index >= 15 is 0 Å². The second kappa shape index (κ2) is 6.31. The van der Waals surface area contributed by atoms with E-state index in [4.69, 9.17) is 4.74 Å². The van der Waals surface area contributed by atoms with Gasteiger partial charge in [0.05, 0.1) is 12.1 Å². The number of fused-ring (bicyclic) bond motifs is 1. The summed E-state index contributed by atoms with van der Waals surface area (Å²) in [7, 11) is 0. The van der Waals surface area contributed by atoms with Crippen molar-refractivity contribution in [3.63, 3.8) is 0 Å². The van der Waals surface area contributed by atoms with Crippen LogP contribution in [-0.2, 0) is 17.8 Å². The van der Waals surface area contributed by atoms with Gasteiger partial charge in [-0.1, -0.05) is 0 Å². The average molecular weight is 342 g/mol. The summed E-state index contributed by atoms with van der Waals surface area (Å²) in [6.07, 6.45) is 1.67. The molecule has 1 aromatic carbocycles. The van der Waals surface area contributed by atoms with Gasteiger partial charge in [0.25, 0.3) is 5.91 Å². The molecule has 0 spiro atoms. The van der Waals surface area contributed by atoms with Crippen LogP contribution in [0.4, 0.5) is 0 Å². The van der Waals surface area contributed by atoms with Crippen LogP contribution in [0.25, 0.3) is 0 Å². The molecule has 0 bridgehead atoms. The van der Waals surface area contributed by atoms with Crippen molar-refractivity contribution in [2.75, 3.05) is 6.54 Å². The van der Waals surface area contributed by atoms with E-state index in [0.717, 1.165) is 11.4 Å². The van der Waals surface area contributed by atoms with Crippen LogP contribution in [-0.4, -0.2) is 43.7 Å². The van der Waals surface area contributed by atoms with Crippen LogP contribution < -0.4 is 0 Å². The second-order valence-electron chi connectivity index (χ2n) is 7.26. The number of rotatable bonds is 2. The molecule has 25 heavy (non-hydrogen) atoms. The van der Waals surface area contributed by atoms with Crippen molar-refractivity contribution in [2.45, 2.75) is 46.4 Å². The molecular weight excluding hydrogens is 320 g/mol. The van der Waals surface area contributed by atoms with Crippen molar-refractivity contribution in [3.8, 4) is 0 Å². The standard InChI is InChI=1S/C18H22N4O3/c1-12-7-13(9-14(8-12)17(24)25-18(2,3)4)16(23)21-5-6-22-11-19-20-15(22)10-21/h7-9,11H,5-6,10H2,1-4H3. The third-order valence-corrected chi connectivity index (χ3v) is 3.88. The summed E-state index contributed by atoms with van der Waals surface area (Å²) in [4.78, 5) is 26.9. The Bertz CT molecular complexity index is 820. The molecule has 1 aliphatic rings. The second-order valence-corrected chi connectivity index (χ2v) is 7.26. The number of ether oxygens (including phenoxy) is 1. The van der Waals surface area contributed by atoms with E-state index in [1.807, 2.05) is 32.3 Å². The normalized spacial score (nSPS) is 14.2. The summed E-state index contributed by atoms with van der Waals surface area (Å²) < 4.78 is 7.35. The van der Waals surface area contributed by atoms with Gasteiger partial charge in [-0.15, -0.1) is 10.2 Å². The van der Waals surface area contributed by atoms with Crippen LogP contribution in [0.3, 0.4) is 0 Å². The average Bonchev–Trinajstić information content (AvgIpc) is 2.99. The molecule has 3 rings (SSSR count). The van der Waals surface area contributed by atoms with Crippen molar-refractivity contribution < 1.29 is 14.3 Å². The molecule has 2 aromatic rings. The molecule has 0 fully saturated rings. The largest absolute Gasteiger partial charge is 0.456 e. The van der Waals surface area contributed by atoms with Crippen molar-refractivity contribution in [1.29, 1.82) is 0 Å². The predicted molar refractivity (Wildman–Crippen MR) is 91.1 cm³/mol. The first-order valence-corrected chi connectivity index (χ1v) is 8.24. The predicted octanol–water partition coefficient (Wildman–Crippen LogP) is 2.20. The Balaban J connectivity index is 1.83. The number of carbonyl (C=O) groups excluding carboxylic acids is 2. The molecule has 0 saturated carbocycles. The highest BCUT2D eigenvalue weighted by Crippen LogP contribution is 2.18. The fraction of sp³-hybridized carbons (Fsp3) is 0.444. The number of carbonyl (C=O) groups is 2. The maximum Gasteiger partial charge on any atom is 0.338 e. The molecule has 0 atom stereocenters. The molecule has 0 saturated heterocycles. The SMILES string of the molecule is Cc1cc(C(=O)OC(C)(C)C)cc(C(=O)N2CCn3cnnc3C2)c1. The zero-order valence-corrected chi connectivity index (χ0v) is 14.9. The van der Waals surface area contributed by atoms with Crippen LogP contribution in [0, 0.1) is 6.92 Å². The molecule has 0 N–H and O–H groups in total. The van der Waals surface area contributed by atoms with Gasteiger partial charge in [0.2, 0.25) is 0 Å². The Kier molecular flexibility index (Phi) is 4.32. The van der Waals surface area contributed by atoms with Crippen molar-refractivity contribution in [1.82, 2.24) is 19.7 Å². The molecule has 132 valence electrons. The number of esters is 1. The maximum absolute atomic E-state index is 12.9. The van der Waals surface area contributed by atoms with E-state index in [1.54, 1.807) is 29.4 Å². The van der Waals surface area contributed by atoms with Gasteiger partial charge in [0.15, 0.2) is 5.82 Å². The van der Waals surface area contributed by atoms with Crippen LogP contribution in [0.1, 0.15) is 52.9 Å². The number of aryl methyl sites for hydroxylation is 1. The molecule has 0 unspecified atom stereocenters. The Morgan fingerprint density at radius 3 is 2.56 bits per heavy atom. The number of nitrogens with zero attached hydrogens (tertiary/aromatic N) is 4. The highest BCUT2D eigenvalue weighted by Gasteiger charge is 2.25. The van der Waals surface area contributed by atoms with Crippen molar-refractivity contribution >= 4 is 11.9 Å². The molecule has 7 heteroatoms. The Morgan fingerprint density at radius 1 is 1.12 bits per heavy atom. The summed E-state index contributed by atoms with van der Waals surface area (Å²) in [5, 5.41) is 7.90. The van der Waals surface area contributed by atoms with Crippen LogP contribution in [0.15, 0.2) is 24.5 Å². The van der Waals surface area contributed by atoms with Gasteiger partial charge in [0.1, 0.15) is 11.9 Å². The van der Waals surface area contributed by atoms with E-state index in [9.17, 15) is 9.59 Å². The lowest BCUT2D eigenvalue weighted by Gasteiger charge is -2.27. The van der Waals surface area contributed by atoms with E-state index in [-0.39, 0.29) is 5.91 Å². The molecule has 0 radical (unpaired) electrons. The monoisotopic (exact) mass is 342 g/mol. The van der Waals surface area contributed by atoms with Gasteiger partial charge < -0.3 is 14.2 Å². The minimum atomic E-state index is -0.581. The zero-order valence-electron chi connectivity index (χ0n) is 14.9. The first kappa shape index (κ1) is 17.1. The van der Waals surface area contributed by atoms with Gasteiger partial charge >= 0.3 is 5.97 Å². The summed E-state index contributed by atoms with van der Waals surface area (Å²) in [5.74, 6) is 0.214. The third-order valence-electron chi connectivity index (χ3n) is 3.88. The van der Waals surface area contributed by atoms with E-state index in [2.05, 4.69) is 10.2 Å². The van der Waals surface area contributed by atoms with Gasteiger partial charge in [0, 0.05) is 18.7 Å². The number of amides is 1. The van der Waals surface area contributed by atoms with Gasteiger partial charge in [-0.3, -0.25) is 4.79 Å². The van der Waals surface area contributed by atoms with Crippen LogP contribution in [0.5, 0.6) is 0 Å². The summed E-state index contributed by atoms with van der Waals surface area (Å²) in [5.41, 5.74) is 1.13. The molecule has 7 nitrogen and oxygen atoms in total. The smallest absolute Gasteiger partial charge is 0.338 e. The summed E-state index contributed by atoms with van der Waals surface area (Å²) >= 11 is 0. The van der Waals surface area contributed by atoms with Crippen molar-refractivity contribution in [3.05, 3.63) is 47.0 Å². The number of hydrogen-bond acceptors (Lipinski definition) is 5. The van der Waals surface area contributed by atoms with Gasteiger partial charge in [-0.05, 0) is 51.5 Å². The van der Waals surface area contributed by atoms with E-state index < -0.39 is 11.6 Å². The lowest BCUT2D eigenvalue weighted by atomic mass is 10.0. The number of benzene rings is 1. The number of aromatic nitrogens is 3. The quantitative estimate of drug-likeness (QED) is 0.782. The Labute approximate surface area is 146 Å². The minimum Gasteiger partial charge on any atom is -0.456 e. The fourth-order valence-electron chi connectivity index (χ4n) is 2.78. The lowest BCUT2D eigenvalue weighted by molar-refractivity contribution is 0.00694. The van der Waals surface area contributed by atoms with Gasteiger partial charge in [-0.25, -0.2) is 4.79 Å². The first-order valence-electron chi connectivity index (χ1n) is 8.24. The van der Waals surface area contributed by atoms with Crippen LogP contribution >= 0.6 is 0 Å². The number of hydrogen-bond donors (Lipinski definition) is 0. The van der Waals surface area contributed by atoms with Gasteiger partial charge in [-0.2, -0.15) is 0 Å². The summed E-state index contributed by atoms with van der Waals surface area (Å²) in [6.45, 7) is 8.97. The highest BCUT2D eigenvalue weighted by molar-refractivity contribution is 5.98. The Morgan fingerprint density at radius 2 is 1.84 bits per heavy atom. The molecule has 0 aliphatic carbocycles. The maximum atomic E-state index is 12.9. The topological polar surface area (TPSA) is 77.3 Å². The molecule has 2 heterocycles. The molecule has 1 amide bonds. The molecule has 1 aliphatic heterocycles. The van der Waals surface area contributed by atoms with E-state index in [1.165, 1.54) is 0 Å². The third kappa shape index (κ3) is 3.87. The zero-order chi connectivity index (χ0) is 18.2. The van der Waals surface area contributed by atoms with E-state index in [0.29, 0.717) is 30.8 Å². The molecule has 1 aromatic heterocycles. The fourth-order valence-corrected chi connectivity index (χ4v) is 2.78.